The lowest BCUT2D eigenvalue weighted by atomic mass is 10.1. The number of nitrogens with one attached hydrogen (secondary N) is 1. The molecule has 3 aromatic rings. The molecule has 0 aliphatic rings. The van der Waals surface area contributed by atoms with Gasteiger partial charge in [-0.3, -0.25) is 0 Å². The second kappa shape index (κ2) is 7.69. The summed E-state index contributed by atoms with van der Waals surface area (Å²) in [5.74, 6) is 1.47. The van der Waals surface area contributed by atoms with Crippen LogP contribution in [0, 0.1) is 0 Å². The van der Waals surface area contributed by atoms with Crippen molar-refractivity contribution >= 4 is 37.2 Å². The molecule has 3 rings (SSSR count). The average molecular weight is 391 g/mol. The maximum atomic E-state index is 11.5. The van der Waals surface area contributed by atoms with Crippen LogP contribution in [0.4, 0.5) is 5.82 Å². The molecule has 2 heterocycles. The van der Waals surface area contributed by atoms with E-state index < -0.39 is 9.84 Å². The molecule has 0 fully saturated rings. The van der Waals surface area contributed by atoms with Crippen LogP contribution in [0.5, 0.6) is 0 Å². The van der Waals surface area contributed by atoms with Gasteiger partial charge in [0.2, 0.25) is 0 Å². The van der Waals surface area contributed by atoms with E-state index >= 15 is 0 Å². The number of sulfone groups is 1. The highest BCUT2D eigenvalue weighted by Crippen LogP contribution is 2.36. The van der Waals surface area contributed by atoms with Crippen molar-refractivity contribution in [3.8, 4) is 11.1 Å². The Balaban J connectivity index is 2.05. The van der Waals surface area contributed by atoms with Crippen LogP contribution >= 0.6 is 11.3 Å². The monoisotopic (exact) mass is 390 g/mol. The molecule has 0 aliphatic carbocycles. The van der Waals surface area contributed by atoms with E-state index in [0.29, 0.717) is 24.7 Å². The van der Waals surface area contributed by atoms with Crippen molar-refractivity contribution < 1.29 is 8.42 Å². The number of hydrogen-bond donors (Lipinski definition) is 1. The standard InChI is InChI=1S/C18H22N4O2S2/c1-22(2)11-15-20-17(19-9-10-26(3,23)24)16-14(12-25-18(16)21-15)13-7-5-4-6-8-13/h4-8,12H,9-11H2,1-3H3,(H,19,20,21). The van der Waals surface area contributed by atoms with E-state index in [9.17, 15) is 8.42 Å². The molecule has 0 amide bonds. The molecule has 0 saturated carbocycles. The van der Waals surface area contributed by atoms with E-state index in [1.807, 2.05) is 37.2 Å². The lowest BCUT2D eigenvalue weighted by Crippen LogP contribution is -2.17. The van der Waals surface area contributed by atoms with E-state index in [0.717, 1.165) is 21.3 Å². The fourth-order valence-electron chi connectivity index (χ4n) is 2.65. The number of thiophene rings is 1. The minimum Gasteiger partial charge on any atom is -0.368 e. The number of rotatable bonds is 7. The third-order valence-electron chi connectivity index (χ3n) is 3.79. The van der Waals surface area contributed by atoms with E-state index in [1.54, 1.807) is 11.3 Å². The van der Waals surface area contributed by atoms with E-state index in [2.05, 4.69) is 32.8 Å². The maximum absolute atomic E-state index is 11.5. The molecule has 138 valence electrons. The lowest BCUT2D eigenvalue weighted by molar-refractivity contribution is 0.391. The third-order valence-corrected chi connectivity index (χ3v) is 5.61. The molecular formula is C18H22N4O2S2. The number of aromatic nitrogens is 2. The summed E-state index contributed by atoms with van der Waals surface area (Å²) in [6.45, 7) is 0.936. The molecule has 0 radical (unpaired) electrons. The molecule has 0 bridgehead atoms. The van der Waals surface area contributed by atoms with E-state index in [-0.39, 0.29) is 5.75 Å². The summed E-state index contributed by atoms with van der Waals surface area (Å²) < 4.78 is 22.9. The molecule has 0 saturated heterocycles. The van der Waals surface area contributed by atoms with Gasteiger partial charge in [0.05, 0.1) is 17.7 Å². The summed E-state index contributed by atoms with van der Waals surface area (Å²) in [4.78, 5) is 12.3. The Morgan fingerprint density at radius 2 is 1.88 bits per heavy atom. The molecule has 8 heteroatoms. The number of benzene rings is 1. The van der Waals surface area contributed by atoms with Crippen molar-refractivity contribution in [1.82, 2.24) is 14.9 Å². The summed E-state index contributed by atoms with van der Waals surface area (Å²) >= 11 is 1.58. The minimum atomic E-state index is -3.04. The largest absolute Gasteiger partial charge is 0.368 e. The molecule has 6 nitrogen and oxygen atoms in total. The Morgan fingerprint density at radius 1 is 1.15 bits per heavy atom. The van der Waals surface area contributed by atoms with Crippen molar-refractivity contribution in [3.05, 3.63) is 41.5 Å². The topological polar surface area (TPSA) is 75.2 Å². The second-order valence-electron chi connectivity index (χ2n) is 6.48. The molecule has 1 aromatic carbocycles. The highest BCUT2D eigenvalue weighted by atomic mass is 32.2. The Hall–Kier alpha value is -2.03. The fourth-order valence-corrected chi connectivity index (χ4v) is 4.09. The van der Waals surface area contributed by atoms with Crippen LogP contribution in [0.15, 0.2) is 35.7 Å². The van der Waals surface area contributed by atoms with Gasteiger partial charge in [0.15, 0.2) is 0 Å². The first-order valence-electron chi connectivity index (χ1n) is 8.23. The second-order valence-corrected chi connectivity index (χ2v) is 9.60. The lowest BCUT2D eigenvalue weighted by Gasteiger charge is -2.12. The van der Waals surface area contributed by atoms with Gasteiger partial charge in [-0.1, -0.05) is 30.3 Å². The molecule has 0 atom stereocenters. The van der Waals surface area contributed by atoms with Crippen LogP contribution in [0.25, 0.3) is 21.3 Å². The Kier molecular flexibility index (Phi) is 5.55. The van der Waals surface area contributed by atoms with E-state index in [4.69, 9.17) is 0 Å². The predicted octanol–water partition coefficient (Wildman–Crippen LogP) is 2.88. The van der Waals surface area contributed by atoms with Gasteiger partial charge in [-0.15, -0.1) is 11.3 Å². The summed E-state index contributed by atoms with van der Waals surface area (Å²) in [6, 6.07) is 10.1. The molecule has 0 unspecified atom stereocenters. The molecule has 26 heavy (non-hydrogen) atoms. The first kappa shape index (κ1) is 18.8. The van der Waals surface area contributed by atoms with Crippen LogP contribution in [-0.4, -0.2) is 55.9 Å². The van der Waals surface area contributed by atoms with Gasteiger partial charge in [-0.05, 0) is 19.7 Å². The highest BCUT2D eigenvalue weighted by molar-refractivity contribution is 7.90. The molecule has 0 spiro atoms. The van der Waals surface area contributed by atoms with Crippen molar-refractivity contribution in [2.45, 2.75) is 6.54 Å². The summed E-state index contributed by atoms with van der Waals surface area (Å²) in [6.07, 6.45) is 1.24. The van der Waals surface area contributed by atoms with Gasteiger partial charge in [0.25, 0.3) is 0 Å². The van der Waals surface area contributed by atoms with Gasteiger partial charge < -0.3 is 10.2 Å². The van der Waals surface area contributed by atoms with Crippen LogP contribution in [0.1, 0.15) is 5.82 Å². The van der Waals surface area contributed by atoms with Gasteiger partial charge in [-0.25, -0.2) is 18.4 Å². The van der Waals surface area contributed by atoms with Crippen molar-refractivity contribution in [2.24, 2.45) is 0 Å². The molecular weight excluding hydrogens is 368 g/mol. The quantitative estimate of drug-likeness (QED) is 0.669. The number of anilines is 1. The van der Waals surface area contributed by atoms with Gasteiger partial charge in [-0.2, -0.15) is 0 Å². The van der Waals surface area contributed by atoms with Gasteiger partial charge in [0, 0.05) is 23.7 Å². The summed E-state index contributed by atoms with van der Waals surface area (Å²) in [5, 5.41) is 6.23. The molecule has 0 aliphatic heterocycles. The third kappa shape index (κ3) is 4.57. The van der Waals surface area contributed by atoms with Gasteiger partial charge in [0.1, 0.15) is 26.3 Å². The number of hydrogen-bond acceptors (Lipinski definition) is 7. The summed E-state index contributed by atoms with van der Waals surface area (Å²) in [7, 11) is 0.896. The number of fused-ring (bicyclic) bond motifs is 1. The first-order valence-corrected chi connectivity index (χ1v) is 11.2. The van der Waals surface area contributed by atoms with Crippen molar-refractivity contribution in [2.75, 3.05) is 38.0 Å². The average Bonchev–Trinajstić information content (AvgIpc) is 2.98. The van der Waals surface area contributed by atoms with Crippen molar-refractivity contribution in [1.29, 1.82) is 0 Å². The molecule has 2 aromatic heterocycles. The Morgan fingerprint density at radius 3 is 2.54 bits per heavy atom. The van der Waals surface area contributed by atoms with Crippen LogP contribution < -0.4 is 5.32 Å². The zero-order chi connectivity index (χ0) is 18.7. The van der Waals surface area contributed by atoms with Gasteiger partial charge >= 0.3 is 0 Å². The van der Waals surface area contributed by atoms with Crippen molar-refractivity contribution in [3.63, 3.8) is 0 Å². The zero-order valence-corrected chi connectivity index (χ0v) is 16.7. The normalized spacial score (nSPS) is 12.0. The first-order chi connectivity index (χ1) is 12.3. The smallest absolute Gasteiger partial charge is 0.149 e. The fraction of sp³-hybridized carbons (Fsp3) is 0.333. The SMILES string of the molecule is CN(C)Cc1nc(NCCS(C)(=O)=O)c2c(-c3ccccc3)csc2n1. The summed E-state index contributed by atoms with van der Waals surface area (Å²) in [5.41, 5.74) is 2.15. The Bertz CT molecular complexity index is 999. The number of nitrogens with zero attached hydrogens (tertiary/aromatic N) is 3. The zero-order valence-electron chi connectivity index (χ0n) is 15.1. The minimum absolute atomic E-state index is 0.0618. The predicted molar refractivity (Wildman–Crippen MR) is 108 cm³/mol. The highest BCUT2D eigenvalue weighted by Gasteiger charge is 2.16. The van der Waals surface area contributed by atoms with E-state index in [1.165, 1.54) is 6.26 Å². The molecule has 1 N–H and O–H groups in total. The van der Waals surface area contributed by atoms with Crippen LogP contribution in [0.2, 0.25) is 0 Å². The Labute approximate surface area is 157 Å². The van der Waals surface area contributed by atoms with Crippen LogP contribution in [-0.2, 0) is 16.4 Å². The maximum Gasteiger partial charge on any atom is 0.149 e. The van der Waals surface area contributed by atoms with Crippen LogP contribution in [0.3, 0.4) is 0 Å².